The third kappa shape index (κ3) is 4.43. The van der Waals surface area contributed by atoms with Gasteiger partial charge in [0.05, 0.1) is 0 Å². The Morgan fingerprint density at radius 3 is 2.43 bits per heavy atom. The van der Waals surface area contributed by atoms with Crippen molar-refractivity contribution in [3.8, 4) is 0 Å². The van der Waals surface area contributed by atoms with Gasteiger partial charge in [0.25, 0.3) is 0 Å². The maximum Gasteiger partial charge on any atom is 0.242 e. The number of carbonyl (C=O) groups excluding carboxylic acids is 2. The van der Waals surface area contributed by atoms with Crippen LogP contribution >= 0.6 is 0 Å². The van der Waals surface area contributed by atoms with Crippen molar-refractivity contribution in [1.29, 1.82) is 0 Å². The number of rotatable bonds is 2. The molecule has 2 atom stereocenters. The molecule has 0 unspecified atom stereocenters. The molecular formula is C16H29N3O2. The molecule has 2 N–H and O–H groups in total. The zero-order valence-corrected chi connectivity index (χ0v) is 13.7. The number of carbonyl (C=O) groups is 2. The topological polar surface area (TPSA) is 61.4 Å². The highest BCUT2D eigenvalue weighted by atomic mass is 16.2. The molecule has 5 nitrogen and oxygen atoms in total. The van der Waals surface area contributed by atoms with Gasteiger partial charge in [-0.2, -0.15) is 0 Å². The quantitative estimate of drug-likeness (QED) is 0.807. The lowest BCUT2D eigenvalue weighted by molar-refractivity contribution is -0.132. The average Bonchev–Trinajstić information content (AvgIpc) is 2.37. The Bertz CT molecular complexity index is 395. The molecule has 120 valence electrons. The van der Waals surface area contributed by atoms with E-state index in [2.05, 4.69) is 36.3 Å². The zero-order chi connectivity index (χ0) is 15.6. The van der Waals surface area contributed by atoms with E-state index in [4.69, 9.17) is 0 Å². The predicted octanol–water partition coefficient (Wildman–Crippen LogP) is 1.28. The standard InChI is InChI=1S/C16H29N3O2/c1-11-9-13(18-14(20)10-11)15(21)17-12-5-7-19(8-6-12)16(2,3)4/h11-13H,5-10H2,1-4H3,(H,17,21)(H,18,20)/t11-,13-/m0/s1. The van der Waals surface area contributed by atoms with Crippen LogP contribution in [0.4, 0.5) is 0 Å². The SMILES string of the molecule is C[C@@H]1CC(=O)N[C@H](C(=O)NC2CCN(C(C)(C)C)CC2)C1. The summed E-state index contributed by atoms with van der Waals surface area (Å²) in [6.07, 6.45) is 3.25. The van der Waals surface area contributed by atoms with Crippen LogP contribution < -0.4 is 10.6 Å². The highest BCUT2D eigenvalue weighted by molar-refractivity contribution is 5.89. The van der Waals surface area contributed by atoms with Gasteiger partial charge in [-0.1, -0.05) is 6.92 Å². The largest absolute Gasteiger partial charge is 0.351 e. The van der Waals surface area contributed by atoms with Crippen molar-refractivity contribution in [2.24, 2.45) is 5.92 Å². The molecule has 2 aliphatic rings. The molecule has 2 fully saturated rings. The van der Waals surface area contributed by atoms with E-state index in [9.17, 15) is 9.59 Å². The van der Waals surface area contributed by atoms with Crippen molar-refractivity contribution in [3.05, 3.63) is 0 Å². The first-order valence-corrected chi connectivity index (χ1v) is 8.10. The van der Waals surface area contributed by atoms with E-state index in [0.29, 0.717) is 6.42 Å². The zero-order valence-electron chi connectivity index (χ0n) is 13.7. The molecule has 0 aromatic carbocycles. The Hall–Kier alpha value is -1.10. The first kappa shape index (κ1) is 16.3. The summed E-state index contributed by atoms with van der Waals surface area (Å²) in [5, 5.41) is 5.93. The summed E-state index contributed by atoms with van der Waals surface area (Å²) < 4.78 is 0. The maximum absolute atomic E-state index is 12.3. The van der Waals surface area contributed by atoms with Crippen LogP contribution in [0.25, 0.3) is 0 Å². The van der Waals surface area contributed by atoms with Gasteiger partial charge in [0.2, 0.25) is 11.8 Å². The molecule has 0 spiro atoms. The minimum atomic E-state index is -0.345. The number of hydrogen-bond acceptors (Lipinski definition) is 3. The lowest BCUT2D eigenvalue weighted by Crippen LogP contribution is -2.55. The minimum absolute atomic E-state index is 0.00329. The van der Waals surface area contributed by atoms with E-state index in [1.165, 1.54) is 0 Å². The Kier molecular flexibility index (Phi) is 4.91. The van der Waals surface area contributed by atoms with E-state index in [-0.39, 0.29) is 35.4 Å². The van der Waals surface area contributed by atoms with Gasteiger partial charge in [-0.25, -0.2) is 0 Å². The van der Waals surface area contributed by atoms with Crippen LogP contribution in [0.1, 0.15) is 53.4 Å². The summed E-state index contributed by atoms with van der Waals surface area (Å²) in [6.45, 7) is 10.7. The highest BCUT2D eigenvalue weighted by Gasteiger charge is 2.32. The monoisotopic (exact) mass is 295 g/mol. The normalized spacial score (nSPS) is 29.0. The van der Waals surface area contributed by atoms with E-state index in [1.807, 2.05) is 6.92 Å². The van der Waals surface area contributed by atoms with E-state index < -0.39 is 0 Å². The van der Waals surface area contributed by atoms with Crippen LogP contribution in [0.3, 0.4) is 0 Å². The second-order valence-corrected chi connectivity index (χ2v) is 7.61. The van der Waals surface area contributed by atoms with Crippen molar-refractivity contribution >= 4 is 11.8 Å². The smallest absolute Gasteiger partial charge is 0.242 e. The lowest BCUT2D eigenvalue weighted by atomic mass is 9.92. The number of piperidine rings is 2. The fourth-order valence-corrected chi connectivity index (χ4v) is 3.28. The number of likely N-dealkylation sites (tertiary alicyclic amines) is 1. The molecule has 21 heavy (non-hydrogen) atoms. The Morgan fingerprint density at radius 1 is 1.29 bits per heavy atom. The van der Waals surface area contributed by atoms with Gasteiger partial charge in [-0.05, 0) is 46.0 Å². The average molecular weight is 295 g/mol. The molecule has 2 saturated heterocycles. The third-order valence-electron chi connectivity index (χ3n) is 4.61. The summed E-state index contributed by atoms with van der Waals surface area (Å²) in [5.41, 5.74) is 0.196. The molecule has 2 amide bonds. The first-order chi connectivity index (χ1) is 9.75. The molecule has 5 heteroatoms. The molecule has 0 radical (unpaired) electrons. The van der Waals surface area contributed by atoms with Gasteiger partial charge in [-0.15, -0.1) is 0 Å². The van der Waals surface area contributed by atoms with Crippen molar-refractivity contribution in [2.45, 2.75) is 71.0 Å². The molecule has 2 heterocycles. The van der Waals surface area contributed by atoms with Crippen LogP contribution in [0, 0.1) is 5.92 Å². The number of nitrogens with one attached hydrogen (secondary N) is 2. The van der Waals surface area contributed by atoms with Gasteiger partial charge in [0, 0.05) is 31.1 Å². The van der Waals surface area contributed by atoms with Gasteiger partial charge < -0.3 is 10.6 Å². The Labute approximate surface area is 127 Å². The summed E-state index contributed by atoms with van der Waals surface area (Å²) in [4.78, 5) is 26.3. The van der Waals surface area contributed by atoms with E-state index in [1.54, 1.807) is 0 Å². The molecule has 0 saturated carbocycles. The Morgan fingerprint density at radius 2 is 1.90 bits per heavy atom. The van der Waals surface area contributed by atoms with Gasteiger partial charge in [0.15, 0.2) is 0 Å². The fourth-order valence-electron chi connectivity index (χ4n) is 3.28. The third-order valence-corrected chi connectivity index (χ3v) is 4.61. The van der Waals surface area contributed by atoms with E-state index in [0.717, 1.165) is 32.4 Å². The van der Waals surface area contributed by atoms with Crippen molar-refractivity contribution < 1.29 is 9.59 Å². The molecule has 0 aliphatic carbocycles. The fraction of sp³-hybridized carbons (Fsp3) is 0.875. The van der Waals surface area contributed by atoms with Gasteiger partial charge in [-0.3, -0.25) is 14.5 Å². The predicted molar refractivity (Wildman–Crippen MR) is 82.8 cm³/mol. The molecule has 2 rings (SSSR count). The van der Waals surface area contributed by atoms with Crippen molar-refractivity contribution in [2.75, 3.05) is 13.1 Å². The summed E-state index contributed by atoms with van der Waals surface area (Å²) in [6, 6.07) is -0.105. The van der Waals surface area contributed by atoms with E-state index >= 15 is 0 Å². The molecule has 0 aromatic heterocycles. The maximum atomic E-state index is 12.3. The second kappa shape index (κ2) is 6.34. The number of hydrogen-bond donors (Lipinski definition) is 2. The number of amides is 2. The van der Waals surface area contributed by atoms with Crippen molar-refractivity contribution in [3.63, 3.8) is 0 Å². The Balaban J connectivity index is 1.80. The van der Waals surface area contributed by atoms with Crippen LogP contribution in [0.5, 0.6) is 0 Å². The first-order valence-electron chi connectivity index (χ1n) is 8.10. The van der Waals surface area contributed by atoms with Crippen LogP contribution in [0.15, 0.2) is 0 Å². The second-order valence-electron chi connectivity index (χ2n) is 7.61. The summed E-state index contributed by atoms with van der Waals surface area (Å²) in [5.74, 6) is 0.276. The molecular weight excluding hydrogens is 266 g/mol. The number of nitrogens with zero attached hydrogens (tertiary/aromatic N) is 1. The van der Waals surface area contributed by atoms with Gasteiger partial charge >= 0.3 is 0 Å². The van der Waals surface area contributed by atoms with Gasteiger partial charge in [0.1, 0.15) is 6.04 Å². The van der Waals surface area contributed by atoms with Crippen LogP contribution in [-0.4, -0.2) is 47.4 Å². The summed E-state index contributed by atoms with van der Waals surface area (Å²) in [7, 11) is 0. The van der Waals surface area contributed by atoms with Crippen LogP contribution in [0.2, 0.25) is 0 Å². The minimum Gasteiger partial charge on any atom is -0.351 e. The molecule has 0 bridgehead atoms. The van der Waals surface area contributed by atoms with Crippen LogP contribution in [-0.2, 0) is 9.59 Å². The highest BCUT2D eigenvalue weighted by Crippen LogP contribution is 2.21. The molecule has 0 aromatic rings. The molecule has 2 aliphatic heterocycles. The lowest BCUT2D eigenvalue weighted by Gasteiger charge is -2.41. The summed E-state index contributed by atoms with van der Waals surface area (Å²) >= 11 is 0. The van der Waals surface area contributed by atoms with Crippen molar-refractivity contribution in [1.82, 2.24) is 15.5 Å².